The van der Waals surface area contributed by atoms with E-state index in [0.717, 1.165) is 25.3 Å². The van der Waals surface area contributed by atoms with Crippen LogP contribution in [0.3, 0.4) is 0 Å². The van der Waals surface area contributed by atoms with Crippen LogP contribution < -0.4 is 16.2 Å². The molecule has 1 aromatic heterocycles. The summed E-state index contributed by atoms with van der Waals surface area (Å²) in [5.41, 5.74) is 5.87. The molecule has 0 spiro atoms. The normalized spacial score (nSPS) is 26.7. The molecule has 0 aromatic carbocycles. The third kappa shape index (κ3) is 2.18. The molecule has 3 N–H and O–H groups in total. The summed E-state index contributed by atoms with van der Waals surface area (Å²) < 4.78 is 0. The van der Waals surface area contributed by atoms with Crippen molar-refractivity contribution >= 4 is 5.82 Å². The van der Waals surface area contributed by atoms with Gasteiger partial charge in [-0.2, -0.15) is 0 Å². The number of hydrogen-bond acceptors (Lipinski definition) is 4. The molecule has 2 rings (SSSR count). The summed E-state index contributed by atoms with van der Waals surface area (Å²) in [5, 5.41) is 0. The van der Waals surface area contributed by atoms with Gasteiger partial charge in [-0.3, -0.25) is 4.79 Å². The first-order valence-corrected chi connectivity index (χ1v) is 5.22. The van der Waals surface area contributed by atoms with Gasteiger partial charge in [0.1, 0.15) is 5.82 Å². The minimum Gasteiger partial charge on any atom is -0.355 e. The molecule has 1 aliphatic heterocycles. The number of aromatic nitrogens is 2. The quantitative estimate of drug-likeness (QED) is 0.678. The van der Waals surface area contributed by atoms with Crippen molar-refractivity contribution < 1.29 is 0 Å². The number of rotatable bonds is 1. The van der Waals surface area contributed by atoms with Gasteiger partial charge in [0, 0.05) is 25.2 Å². The van der Waals surface area contributed by atoms with Crippen LogP contribution in [0.5, 0.6) is 0 Å². The molecule has 1 fully saturated rings. The van der Waals surface area contributed by atoms with Crippen LogP contribution >= 0.6 is 0 Å². The largest absolute Gasteiger partial charge is 0.355 e. The first kappa shape index (κ1) is 10.2. The first-order valence-electron chi connectivity index (χ1n) is 5.22. The number of nitrogens with one attached hydrogen (secondary N) is 1. The van der Waals surface area contributed by atoms with E-state index in [2.05, 4.69) is 21.8 Å². The Morgan fingerprint density at radius 2 is 2.47 bits per heavy atom. The maximum Gasteiger partial charge on any atom is 0.252 e. The fraction of sp³-hybridized carbons (Fsp3) is 0.600. The van der Waals surface area contributed by atoms with Crippen molar-refractivity contribution in [2.45, 2.75) is 19.4 Å². The first-order chi connectivity index (χ1) is 7.16. The number of anilines is 1. The predicted octanol–water partition coefficient (Wildman–Crippen LogP) is -0.0566. The van der Waals surface area contributed by atoms with Crippen LogP contribution in [0, 0.1) is 5.92 Å². The van der Waals surface area contributed by atoms with Gasteiger partial charge in [-0.15, -0.1) is 0 Å². The van der Waals surface area contributed by atoms with Crippen molar-refractivity contribution in [2.75, 3.05) is 18.0 Å². The molecule has 0 radical (unpaired) electrons. The predicted molar refractivity (Wildman–Crippen MR) is 58.8 cm³/mol. The van der Waals surface area contributed by atoms with E-state index in [9.17, 15) is 4.79 Å². The second-order valence-corrected chi connectivity index (χ2v) is 4.15. The Hall–Kier alpha value is -1.36. The molecule has 1 aromatic rings. The zero-order chi connectivity index (χ0) is 10.8. The number of hydrogen-bond donors (Lipinski definition) is 2. The molecular formula is C10H16N4O. The second-order valence-electron chi connectivity index (χ2n) is 4.15. The highest BCUT2D eigenvalue weighted by atomic mass is 16.1. The van der Waals surface area contributed by atoms with Gasteiger partial charge in [0.15, 0.2) is 0 Å². The Morgan fingerprint density at radius 1 is 1.67 bits per heavy atom. The van der Waals surface area contributed by atoms with Crippen LogP contribution in [0.2, 0.25) is 0 Å². The summed E-state index contributed by atoms with van der Waals surface area (Å²) in [6.07, 6.45) is 2.48. The minimum absolute atomic E-state index is 0.118. The van der Waals surface area contributed by atoms with E-state index in [1.807, 2.05) is 0 Å². The Labute approximate surface area is 88.3 Å². The molecule has 2 unspecified atom stereocenters. The summed E-state index contributed by atoms with van der Waals surface area (Å²) in [5.74, 6) is 1.27. The molecule has 1 aliphatic rings. The summed E-state index contributed by atoms with van der Waals surface area (Å²) in [6, 6.07) is 1.68. The molecule has 0 saturated carbocycles. The Kier molecular flexibility index (Phi) is 2.73. The number of H-pyrrole nitrogens is 1. The third-order valence-electron chi connectivity index (χ3n) is 3.00. The molecule has 5 nitrogen and oxygen atoms in total. The molecule has 5 heteroatoms. The van der Waals surface area contributed by atoms with E-state index in [0.29, 0.717) is 5.92 Å². The van der Waals surface area contributed by atoms with Crippen molar-refractivity contribution in [2.24, 2.45) is 11.7 Å². The summed E-state index contributed by atoms with van der Waals surface area (Å²) >= 11 is 0. The average Bonchev–Trinajstić information content (AvgIpc) is 2.22. The van der Waals surface area contributed by atoms with Crippen molar-refractivity contribution in [3.05, 3.63) is 22.7 Å². The van der Waals surface area contributed by atoms with E-state index in [1.54, 1.807) is 0 Å². The Morgan fingerprint density at radius 3 is 3.13 bits per heavy atom. The van der Waals surface area contributed by atoms with E-state index >= 15 is 0 Å². The minimum atomic E-state index is -0.118. The highest BCUT2D eigenvalue weighted by molar-refractivity contribution is 5.37. The lowest BCUT2D eigenvalue weighted by Crippen LogP contribution is -2.48. The summed E-state index contributed by atoms with van der Waals surface area (Å²) in [6.45, 7) is 3.86. The molecule has 82 valence electrons. The lowest BCUT2D eigenvalue weighted by molar-refractivity contribution is 0.378. The van der Waals surface area contributed by atoms with Crippen LogP contribution in [0.1, 0.15) is 13.3 Å². The smallest absolute Gasteiger partial charge is 0.252 e. The van der Waals surface area contributed by atoms with Gasteiger partial charge < -0.3 is 15.6 Å². The monoisotopic (exact) mass is 208 g/mol. The second kappa shape index (κ2) is 4.02. The van der Waals surface area contributed by atoms with Crippen molar-refractivity contribution in [3.8, 4) is 0 Å². The zero-order valence-corrected chi connectivity index (χ0v) is 8.81. The fourth-order valence-electron chi connectivity index (χ4n) is 1.84. The molecule has 0 amide bonds. The van der Waals surface area contributed by atoms with Gasteiger partial charge in [0.05, 0.1) is 6.33 Å². The molecule has 2 atom stereocenters. The van der Waals surface area contributed by atoms with Crippen LogP contribution in [0.15, 0.2) is 17.2 Å². The topological polar surface area (TPSA) is 75.0 Å². The average molecular weight is 208 g/mol. The number of piperidine rings is 1. The van der Waals surface area contributed by atoms with Crippen LogP contribution in [-0.2, 0) is 0 Å². The van der Waals surface area contributed by atoms with E-state index in [1.165, 1.54) is 12.4 Å². The Balaban J connectivity index is 2.15. The lowest BCUT2D eigenvalue weighted by atomic mass is 9.94. The Bertz CT molecular complexity index is 389. The SMILES string of the molecule is CC1CCN(c2cc(=O)[nH]cn2)CC1N. The van der Waals surface area contributed by atoms with Crippen molar-refractivity contribution in [1.82, 2.24) is 9.97 Å². The molecule has 1 saturated heterocycles. The van der Waals surface area contributed by atoms with Gasteiger partial charge in [-0.05, 0) is 12.3 Å². The third-order valence-corrected chi connectivity index (χ3v) is 3.00. The summed E-state index contributed by atoms with van der Waals surface area (Å²) in [7, 11) is 0. The fourth-order valence-corrected chi connectivity index (χ4v) is 1.84. The molecule has 0 bridgehead atoms. The van der Waals surface area contributed by atoms with Gasteiger partial charge in [0.25, 0.3) is 5.56 Å². The molecular weight excluding hydrogens is 192 g/mol. The molecule has 0 aliphatic carbocycles. The van der Waals surface area contributed by atoms with Crippen LogP contribution in [0.25, 0.3) is 0 Å². The summed E-state index contributed by atoms with van der Waals surface area (Å²) in [4.78, 5) is 19.8. The van der Waals surface area contributed by atoms with Gasteiger partial charge >= 0.3 is 0 Å². The van der Waals surface area contributed by atoms with Gasteiger partial charge in [-0.25, -0.2) is 4.98 Å². The number of nitrogens with zero attached hydrogens (tertiary/aromatic N) is 2. The molecule has 2 heterocycles. The lowest BCUT2D eigenvalue weighted by Gasteiger charge is -2.35. The van der Waals surface area contributed by atoms with E-state index in [4.69, 9.17) is 5.73 Å². The van der Waals surface area contributed by atoms with E-state index in [-0.39, 0.29) is 11.6 Å². The van der Waals surface area contributed by atoms with Crippen LogP contribution in [0.4, 0.5) is 5.82 Å². The number of nitrogens with two attached hydrogens (primary N) is 1. The zero-order valence-electron chi connectivity index (χ0n) is 8.81. The number of aromatic amines is 1. The highest BCUT2D eigenvalue weighted by Gasteiger charge is 2.23. The van der Waals surface area contributed by atoms with Crippen molar-refractivity contribution in [1.29, 1.82) is 0 Å². The maximum absolute atomic E-state index is 11.1. The van der Waals surface area contributed by atoms with Crippen LogP contribution in [-0.4, -0.2) is 29.1 Å². The van der Waals surface area contributed by atoms with Gasteiger partial charge in [0.2, 0.25) is 0 Å². The molecule has 15 heavy (non-hydrogen) atoms. The standard InChI is InChI=1S/C10H16N4O/c1-7-2-3-14(5-8(7)11)9-4-10(15)13-6-12-9/h4,6-8H,2-3,5,11H2,1H3,(H,12,13,15). The highest BCUT2D eigenvalue weighted by Crippen LogP contribution is 2.19. The maximum atomic E-state index is 11.1. The van der Waals surface area contributed by atoms with E-state index < -0.39 is 0 Å². The van der Waals surface area contributed by atoms with Crippen molar-refractivity contribution in [3.63, 3.8) is 0 Å². The van der Waals surface area contributed by atoms with Gasteiger partial charge in [-0.1, -0.05) is 6.92 Å².